The third-order valence-corrected chi connectivity index (χ3v) is 2.61. The number of rotatable bonds is 4. The summed E-state index contributed by atoms with van der Waals surface area (Å²) in [6, 6.07) is 9.73. The second-order valence-electron chi connectivity index (χ2n) is 3.99. The highest BCUT2D eigenvalue weighted by Crippen LogP contribution is 2.14. The molecule has 0 atom stereocenters. The van der Waals surface area contributed by atoms with Crippen LogP contribution < -0.4 is 10.6 Å². The van der Waals surface area contributed by atoms with Gasteiger partial charge in [-0.15, -0.1) is 0 Å². The number of hydrogen-bond donors (Lipinski definition) is 2. The van der Waals surface area contributed by atoms with Gasteiger partial charge in [0, 0.05) is 25.1 Å². The summed E-state index contributed by atoms with van der Waals surface area (Å²) in [6.45, 7) is 0. The average Bonchev–Trinajstić information content (AvgIpc) is 3.02. The van der Waals surface area contributed by atoms with Crippen molar-refractivity contribution in [2.45, 2.75) is 0 Å². The lowest BCUT2D eigenvalue weighted by Crippen LogP contribution is -2.08. The molecule has 0 amide bonds. The molecule has 0 aliphatic heterocycles. The van der Waals surface area contributed by atoms with Crippen LogP contribution >= 0.6 is 0 Å². The van der Waals surface area contributed by atoms with Crippen molar-refractivity contribution in [3.63, 3.8) is 0 Å². The molecule has 2 heterocycles. The maximum absolute atomic E-state index is 4.37. The van der Waals surface area contributed by atoms with Crippen molar-refractivity contribution in [3.05, 3.63) is 49.1 Å². The van der Waals surface area contributed by atoms with Crippen molar-refractivity contribution in [2.75, 3.05) is 17.7 Å². The van der Waals surface area contributed by atoms with E-state index >= 15 is 0 Å². The Morgan fingerprint density at radius 2 is 1.80 bits per heavy atom. The van der Waals surface area contributed by atoms with Gasteiger partial charge in [0.25, 0.3) is 0 Å². The van der Waals surface area contributed by atoms with Crippen LogP contribution in [0.15, 0.2) is 49.1 Å². The molecule has 20 heavy (non-hydrogen) atoms. The van der Waals surface area contributed by atoms with Gasteiger partial charge in [-0.2, -0.15) is 15.0 Å². The third-order valence-electron chi connectivity index (χ3n) is 2.61. The van der Waals surface area contributed by atoms with E-state index in [1.807, 2.05) is 30.3 Å². The smallest absolute Gasteiger partial charge is 0.241 e. The molecule has 1 aromatic carbocycles. The fourth-order valence-corrected chi connectivity index (χ4v) is 1.68. The SMILES string of the molecule is CNc1nc(Nc2ccccc2)nc(-n2ccnc2)n1. The highest BCUT2D eigenvalue weighted by molar-refractivity contribution is 5.54. The van der Waals surface area contributed by atoms with Crippen molar-refractivity contribution in [1.29, 1.82) is 0 Å². The molecule has 3 rings (SSSR count). The van der Waals surface area contributed by atoms with Gasteiger partial charge < -0.3 is 10.6 Å². The van der Waals surface area contributed by atoms with E-state index in [4.69, 9.17) is 0 Å². The van der Waals surface area contributed by atoms with Crippen LogP contribution in [0.3, 0.4) is 0 Å². The molecule has 2 aromatic heterocycles. The van der Waals surface area contributed by atoms with Gasteiger partial charge in [0.05, 0.1) is 0 Å². The Morgan fingerprint density at radius 1 is 1.00 bits per heavy atom. The largest absolute Gasteiger partial charge is 0.357 e. The topological polar surface area (TPSA) is 80.5 Å². The van der Waals surface area contributed by atoms with Crippen LogP contribution in [0.4, 0.5) is 17.6 Å². The van der Waals surface area contributed by atoms with Gasteiger partial charge in [0.2, 0.25) is 17.8 Å². The first-order valence-electron chi connectivity index (χ1n) is 6.09. The summed E-state index contributed by atoms with van der Waals surface area (Å²) in [5, 5.41) is 6.06. The zero-order valence-electron chi connectivity index (χ0n) is 10.9. The van der Waals surface area contributed by atoms with E-state index in [-0.39, 0.29) is 0 Å². The van der Waals surface area contributed by atoms with Crippen molar-refractivity contribution < 1.29 is 0 Å². The number of anilines is 3. The molecule has 3 aromatic rings. The van der Waals surface area contributed by atoms with E-state index in [1.165, 1.54) is 0 Å². The fraction of sp³-hybridized carbons (Fsp3) is 0.0769. The minimum Gasteiger partial charge on any atom is -0.357 e. The molecule has 7 heteroatoms. The zero-order chi connectivity index (χ0) is 13.8. The number of para-hydroxylation sites is 1. The van der Waals surface area contributed by atoms with Crippen LogP contribution in [-0.4, -0.2) is 31.6 Å². The van der Waals surface area contributed by atoms with Gasteiger partial charge in [0.1, 0.15) is 6.33 Å². The number of nitrogens with one attached hydrogen (secondary N) is 2. The van der Waals surface area contributed by atoms with Crippen molar-refractivity contribution in [2.24, 2.45) is 0 Å². The molecular formula is C13H13N7. The van der Waals surface area contributed by atoms with Gasteiger partial charge in [-0.3, -0.25) is 4.57 Å². The average molecular weight is 267 g/mol. The van der Waals surface area contributed by atoms with Crippen LogP contribution in [-0.2, 0) is 0 Å². The first-order chi connectivity index (χ1) is 9.85. The van der Waals surface area contributed by atoms with Crippen molar-refractivity contribution >= 4 is 17.6 Å². The minimum absolute atomic E-state index is 0.472. The van der Waals surface area contributed by atoms with Gasteiger partial charge in [0.15, 0.2) is 0 Å². The van der Waals surface area contributed by atoms with Gasteiger partial charge in [-0.25, -0.2) is 4.98 Å². The van der Waals surface area contributed by atoms with Crippen LogP contribution in [0.1, 0.15) is 0 Å². The molecule has 0 saturated carbocycles. The molecular weight excluding hydrogens is 254 g/mol. The van der Waals surface area contributed by atoms with Crippen LogP contribution in [0.2, 0.25) is 0 Å². The van der Waals surface area contributed by atoms with E-state index < -0.39 is 0 Å². The second kappa shape index (κ2) is 5.35. The normalized spacial score (nSPS) is 10.2. The molecule has 0 spiro atoms. The zero-order valence-corrected chi connectivity index (χ0v) is 10.9. The Hall–Kier alpha value is -2.96. The van der Waals surface area contributed by atoms with E-state index in [2.05, 4.69) is 30.6 Å². The maximum atomic E-state index is 4.37. The predicted molar refractivity (Wildman–Crippen MR) is 76.2 cm³/mol. The summed E-state index contributed by atoms with van der Waals surface area (Å²) in [4.78, 5) is 16.9. The molecule has 0 fully saturated rings. The second-order valence-corrected chi connectivity index (χ2v) is 3.99. The van der Waals surface area contributed by atoms with Gasteiger partial charge >= 0.3 is 0 Å². The summed E-state index contributed by atoms with van der Waals surface area (Å²) in [5.41, 5.74) is 0.914. The number of nitrogens with zero attached hydrogens (tertiary/aromatic N) is 5. The molecule has 7 nitrogen and oxygen atoms in total. The summed E-state index contributed by atoms with van der Waals surface area (Å²) >= 11 is 0. The standard InChI is InChI=1S/C13H13N7/c1-14-11-17-12(16-10-5-3-2-4-6-10)19-13(18-11)20-8-7-15-9-20/h2-9H,1H3,(H2,14,16,17,18,19). The van der Waals surface area contributed by atoms with Gasteiger partial charge in [-0.1, -0.05) is 18.2 Å². The summed E-state index contributed by atoms with van der Waals surface area (Å²) in [7, 11) is 1.76. The Kier molecular flexibility index (Phi) is 3.24. The Morgan fingerprint density at radius 3 is 2.50 bits per heavy atom. The lowest BCUT2D eigenvalue weighted by Gasteiger charge is -2.08. The van der Waals surface area contributed by atoms with Crippen LogP contribution in [0.5, 0.6) is 0 Å². The van der Waals surface area contributed by atoms with Crippen LogP contribution in [0.25, 0.3) is 5.95 Å². The molecule has 2 N–H and O–H groups in total. The molecule has 0 bridgehead atoms. The Bertz CT molecular complexity index is 679. The van der Waals surface area contributed by atoms with E-state index in [0.29, 0.717) is 17.8 Å². The van der Waals surface area contributed by atoms with E-state index in [9.17, 15) is 0 Å². The van der Waals surface area contributed by atoms with E-state index in [0.717, 1.165) is 5.69 Å². The number of hydrogen-bond acceptors (Lipinski definition) is 6. The molecule has 0 aliphatic carbocycles. The van der Waals surface area contributed by atoms with Crippen LogP contribution in [0, 0.1) is 0 Å². The number of benzene rings is 1. The lowest BCUT2D eigenvalue weighted by atomic mass is 10.3. The van der Waals surface area contributed by atoms with Gasteiger partial charge in [-0.05, 0) is 12.1 Å². The molecule has 0 saturated heterocycles. The summed E-state index contributed by atoms with van der Waals surface area (Å²) in [5.74, 6) is 1.46. The molecule has 100 valence electrons. The van der Waals surface area contributed by atoms with Crippen molar-refractivity contribution in [1.82, 2.24) is 24.5 Å². The lowest BCUT2D eigenvalue weighted by molar-refractivity contribution is 0.902. The molecule has 0 unspecified atom stereocenters. The summed E-state index contributed by atoms with van der Waals surface area (Å²) in [6.07, 6.45) is 5.09. The first-order valence-corrected chi connectivity index (χ1v) is 6.09. The highest BCUT2D eigenvalue weighted by Gasteiger charge is 2.07. The highest BCUT2D eigenvalue weighted by atomic mass is 15.3. The quantitative estimate of drug-likeness (QED) is 0.750. The monoisotopic (exact) mass is 267 g/mol. The predicted octanol–water partition coefficient (Wildman–Crippen LogP) is 1.84. The Balaban J connectivity index is 1.96. The number of aromatic nitrogens is 5. The molecule has 0 aliphatic rings. The minimum atomic E-state index is 0.472. The third kappa shape index (κ3) is 2.56. The summed E-state index contributed by atoms with van der Waals surface area (Å²) < 4.78 is 1.72. The van der Waals surface area contributed by atoms with Crippen molar-refractivity contribution in [3.8, 4) is 5.95 Å². The molecule has 0 radical (unpaired) electrons. The fourth-order valence-electron chi connectivity index (χ4n) is 1.68. The Labute approximate surface area is 115 Å². The maximum Gasteiger partial charge on any atom is 0.241 e. The number of imidazole rings is 1. The van der Waals surface area contributed by atoms with E-state index in [1.54, 1.807) is 30.3 Å². The first kappa shape index (κ1) is 12.1.